The molecule has 0 aromatic carbocycles. The van der Waals surface area contributed by atoms with Gasteiger partial charge in [-0.15, -0.1) is 0 Å². The number of aliphatic hydroxyl groups is 1. The summed E-state index contributed by atoms with van der Waals surface area (Å²) >= 11 is 0. The number of hydrogen-bond acceptors (Lipinski definition) is 4. The molecule has 2 rings (SSSR count). The zero-order valence-corrected chi connectivity index (χ0v) is 15.1. The van der Waals surface area contributed by atoms with E-state index in [-0.39, 0.29) is 6.61 Å². The first-order valence-electron chi connectivity index (χ1n) is 8.21. The van der Waals surface area contributed by atoms with Crippen LogP contribution >= 0.6 is 0 Å². The Bertz CT molecular complexity index is 671. The fourth-order valence-corrected chi connectivity index (χ4v) is 3.07. The van der Waals surface area contributed by atoms with Crippen molar-refractivity contribution in [3.63, 3.8) is 0 Å². The van der Waals surface area contributed by atoms with Gasteiger partial charge in [0.1, 0.15) is 0 Å². The van der Waals surface area contributed by atoms with Gasteiger partial charge in [-0.2, -0.15) is 10.2 Å². The monoisotopic (exact) mass is 319 g/mol. The van der Waals surface area contributed by atoms with Crippen molar-refractivity contribution in [3.05, 3.63) is 33.9 Å². The third-order valence-electron chi connectivity index (χ3n) is 4.64. The summed E-state index contributed by atoms with van der Waals surface area (Å²) in [5, 5.41) is 21.7. The van der Waals surface area contributed by atoms with Gasteiger partial charge in [-0.1, -0.05) is 0 Å². The largest absolute Gasteiger partial charge is 0.394 e. The van der Waals surface area contributed by atoms with Gasteiger partial charge in [-0.25, -0.2) is 0 Å². The normalized spacial score (nSPS) is 12.8. The fourth-order valence-electron chi connectivity index (χ4n) is 3.07. The molecule has 2 aromatic heterocycles. The molecule has 6 nitrogen and oxygen atoms in total. The molecular formula is C17H29N5O. The Morgan fingerprint density at radius 2 is 1.70 bits per heavy atom. The molecule has 0 radical (unpaired) electrons. The van der Waals surface area contributed by atoms with E-state index in [2.05, 4.69) is 43.2 Å². The van der Waals surface area contributed by atoms with Crippen LogP contribution in [0.5, 0.6) is 0 Å². The number of aliphatic hydroxyl groups excluding tert-OH is 1. The van der Waals surface area contributed by atoms with Gasteiger partial charge in [0.2, 0.25) is 0 Å². The molecule has 2 aromatic rings. The zero-order valence-electron chi connectivity index (χ0n) is 15.1. The number of nitrogens with zero attached hydrogens (tertiary/aromatic N) is 4. The Kier molecular flexibility index (Phi) is 5.59. The molecule has 1 unspecified atom stereocenters. The average Bonchev–Trinajstić information content (AvgIpc) is 2.88. The Morgan fingerprint density at radius 1 is 1.04 bits per heavy atom. The molecule has 0 aliphatic heterocycles. The zero-order chi connectivity index (χ0) is 17.1. The van der Waals surface area contributed by atoms with Crippen LogP contribution < -0.4 is 5.32 Å². The fraction of sp³-hybridized carbons (Fsp3) is 0.647. The summed E-state index contributed by atoms with van der Waals surface area (Å²) in [7, 11) is 1.99. The Labute approximate surface area is 138 Å². The van der Waals surface area contributed by atoms with Crippen molar-refractivity contribution in [2.45, 2.75) is 60.2 Å². The molecule has 0 saturated carbocycles. The van der Waals surface area contributed by atoms with Crippen LogP contribution in [0, 0.1) is 27.7 Å². The second-order valence-electron chi connectivity index (χ2n) is 6.36. The Hall–Kier alpha value is -1.66. The Morgan fingerprint density at radius 3 is 2.26 bits per heavy atom. The first-order chi connectivity index (χ1) is 10.8. The highest BCUT2D eigenvalue weighted by atomic mass is 16.3. The lowest BCUT2D eigenvalue weighted by Crippen LogP contribution is -2.28. The predicted octanol–water partition coefficient (Wildman–Crippen LogP) is 1.56. The van der Waals surface area contributed by atoms with Crippen molar-refractivity contribution in [1.82, 2.24) is 24.9 Å². The predicted molar refractivity (Wildman–Crippen MR) is 91.5 cm³/mol. The third kappa shape index (κ3) is 3.82. The molecule has 0 aliphatic carbocycles. The standard InChI is InChI=1S/C17H29N5O/c1-11(9-16-12(2)19-21(6)14(16)4)18-10-17-13(3)20-22(7-8-23)15(17)5/h11,18,23H,7-10H2,1-6H3. The van der Waals surface area contributed by atoms with Crippen LogP contribution in [0.3, 0.4) is 0 Å². The molecule has 2 heterocycles. The average molecular weight is 319 g/mol. The topological polar surface area (TPSA) is 67.9 Å². The van der Waals surface area contributed by atoms with E-state index < -0.39 is 0 Å². The van der Waals surface area contributed by atoms with Gasteiger partial charge < -0.3 is 10.4 Å². The van der Waals surface area contributed by atoms with Crippen LogP contribution in [0.4, 0.5) is 0 Å². The highest BCUT2D eigenvalue weighted by Gasteiger charge is 2.15. The van der Waals surface area contributed by atoms with E-state index in [1.54, 1.807) is 0 Å². The molecule has 2 N–H and O–H groups in total. The lowest BCUT2D eigenvalue weighted by atomic mass is 10.0. The van der Waals surface area contributed by atoms with E-state index in [1.807, 2.05) is 23.3 Å². The maximum absolute atomic E-state index is 9.10. The van der Waals surface area contributed by atoms with Gasteiger partial charge in [0.05, 0.1) is 24.5 Å². The molecule has 23 heavy (non-hydrogen) atoms. The molecular weight excluding hydrogens is 290 g/mol. The third-order valence-corrected chi connectivity index (χ3v) is 4.64. The van der Waals surface area contributed by atoms with Gasteiger partial charge in [-0.3, -0.25) is 9.36 Å². The second kappa shape index (κ2) is 7.27. The molecule has 0 fully saturated rings. The van der Waals surface area contributed by atoms with Crippen molar-refractivity contribution in [2.75, 3.05) is 6.61 Å². The lowest BCUT2D eigenvalue weighted by molar-refractivity contribution is 0.267. The summed E-state index contributed by atoms with van der Waals surface area (Å²) < 4.78 is 3.83. The molecule has 0 aliphatic rings. The minimum atomic E-state index is 0.116. The van der Waals surface area contributed by atoms with Gasteiger partial charge in [0, 0.05) is 36.6 Å². The summed E-state index contributed by atoms with van der Waals surface area (Å²) in [6, 6.07) is 0.358. The van der Waals surface area contributed by atoms with E-state index in [1.165, 1.54) is 16.8 Å². The summed E-state index contributed by atoms with van der Waals surface area (Å²) in [6.45, 7) is 11.9. The van der Waals surface area contributed by atoms with Crippen LogP contribution in [-0.2, 0) is 26.6 Å². The number of nitrogens with one attached hydrogen (secondary N) is 1. The van der Waals surface area contributed by atoms with Gasteiger partial charge in [-0.05, 0) is 46.6 Å². The molecule has 1 atom stereocenters. The van der Waals surface area contributed by atoms with Crippen LogP contribution in [0.15, 0.2) is 0 Å². The molecule has 0 spiro atoms. The molecule has 0 amide bonds. The Balaban J connectivity index is 2.01. The number of rotatable bonds is 7. The molecule has 0 saturated heterocycles. The van der Waals surface area contributed by atoms with Gasteiger partial charge >= 0.3 is 0 Å². The van der Waals surface area contributed by atoms with Crippen molar-refractivity contribution < 1.29 is 5.11 Å². The van der Waals surface area contributed by atoms with E-state index in [0.29, 0.717) is 12.6 Å². The summed E-state index contributed by atoms with van der Waals surface area (Å²) in [6.07, 6.45) is 0.967. The highest BCUT2D eigenvalue weighted by molar-refractivity contribution is 5.26. The van der Waals surface area contributed by atoms with Crippen LogP contribution in [0.25, 0.3) is 0 Å². The van der Waals surface area contributed by atoms with Gasteiger partial charge in [0.15, 0.2) is 0 Å². The number of aryl methyl sites for hydroxylation is 3. The van der Waals surface area contributed by atoms with Crippen molar-refractivity contribution >= 4 is 0 Å². The summed E-state index contributed by atoms with van der Waals surface area (Å²) in [5.41, 5.74) is 7.07. The smallest absolute Gasteiger partial charge is 0.0644 e. The van der Waals surface area contributed by atoms with Crippen molar-refractivity contribution in [3.8, 4) is 0 Å². The summed E-state index contributed by atoms with van der Waals surface area (Å²) in [4.78, 5) is 0. The van der Waals surface area contributed by atoms with Crippen molar-refractivity contribution in [2.24, 2.45) is 7.05 Å². The van der Waals surface area contributed by atoms with E-state index >= 15 is 0 Å². The van der Waals surface area contributed by atoms with Crippen LogP contribution in [-0.4, -0.2) is 37.3 Å². The first-order valence-corrected chi connectivity index (χ1v) is 8.21. The van der Waals surface area contributed by atoms with Gasteiger partial charge in [0.25, 0.3) is 0 Å². The number of aromatic nitrogens is 4. The minimum absolute atomic E-state index is 0.116. The summed E-state index contributed by atoms with van der Waals surface area (Å²) in [5.74, 6) is 0. The minimum Gasteiger partial charge on any atom is -0.394 e. The SMILES string of the molecule is Cc1nn(C)c(C)c1CC(C)NCc1c(C)nn(CCO)c1C. The second-order valence-corrected chi connectivity index (χ2v) is 6.36. The van der Waals surface area contributed by atoms with Crippen molar-refractivity contribution in [1.29, 1.82) is 0 Å². The first kappa shape index (κ1) is 17.7. The van der Waals surface area contributed by atoms with E-state index in [0.717, 1.165) is 30.0 Å². The van der Waals surface area contributed by atoms with E-state index in [9.17, 15) is 0 Å². The molecule has 6 heteroatoms. The van der Waals surface area contributed by atoms with Crippen LogP contribution in [0.1, 0.15) is 40.8 Å². The lowest BCUT2D eigenvalue weighted by Gasteiger charge is -2.14. The molecule has 128 valence electrons. The van der Waals surface area contributed by atoms with Crippen LogP contribution in [0.2, 0.25) is 0 Å². The maximum Gasteiger partial charge on any atom is 0.0644 e. The maximum atomic E-state index is 9.10. The quantitative estimate of drug-likeness (QED) is 0.813. The number of hydrogen-bond donors (Lipinski definition) is 2. The highest BCUT2D eigenvalue weighted by Crippen LogP contribution is 2.16. The molecule has 0 bridgehead atoms. The van der Waals surface area contributed by atoms with E-state index in [4.69, 9.17) is 5.11 Å².